The fourth-order valence-corrected chi connectivity index (χ4v) is 2.12. The summed E-state index contributed by atoms with van der Waals surface area (Å²) >= 11 is 0. The van der Waals surface area contributed by atoms with E-state index in [-0.39, 0.29) is 11.9 Å². The molecule has 2 rings (SSSR count). The average Bonchev–Trinajstić information content (AvgIpc) is 2.69. The molecule has 0 radical (unpaired) electrons. The lowest BCUT2D eigenvalue weighted by Gasteiger charge is -2.23. The fraction of sp³-hybridized carbons (Fsp3) is 0.750. The summed E-state index contributed by atoms with van der Waals surface area (Å²) in [4.78, 5) is 16.0. The maximum absolute atomic E-state index is 11.7. The SMILES string of the molecule is Cc1nc(C)n(CCNC(=O)CC2COCCN2)n1. The van der Waals surface area contributed by atoms with E-state index in [9.17, 15) is 4.79 Å². The van der Waals surface area contributed by atoms with E-state index in [2.05, 4.69) is 20.7 Å². The van der Waals surface area contributed by atoms with Crippen LogP contribution >= 0.6 is 0 Å². The third kappa shape index (κ3) is 4.29. The van der Waals surface area contributed by atoms with Gasteiger partial charge in [-0.25, -0.2) is 9.67 Å². The largest absolute Gasteiger partial charge is 0.378 e. The molecule has 1 unspecified atom stereocenters. The number of morpholine rings is 1. The molecule has 1 saturated heterocycles. The smallest absolute Gasteiger partial charge is 0.221 e. The summed E-state index contributed by atoms with van der Waals surface area (Å²) in [7, 11) is 0. The number of amides is 1. The molecule has 106 valence electrons. The number of aryl methyl sites for hydroxylation is 2. The summed E-state index contributed by atoms with van der Waals surface area (Å²) in [5, 5.41) is 10.4. The molecule has 1 fully saturated rings. The number of nitrogens with one attached hydrogen (secondary N) is 2. The van der Waals surface area contributed by atoms with Gasteiger partial charge in [-0.1, -0.05) is 0 Å². The zero-order chi connectivity index (χ0) is 13.7. The first-order valence-corrected chi connectivity index (χ1v) is 6.61. The number of rotatable bonds is 5. The van der Waals surface area contributed by atoms with Crippen LogP contribution in [-0.4, -0.2) is 53.0 Å². The Labute approximate surface area is 112 Å². The Balaban J connectivity index is 1.67. The van der Waals surface area contributed by atoms with Gasteiger partial charge < -0.3 is 15.4 Å². The number of aromatic nitrogens is 3. The second kappa shape index (κ2) is 6.63. The van der Waals surface area contributed by atoms with Crippen molar-refractivity contribution in [2.24, 2.45) is 0 Å². The molecule has 7 nitrogen and oxygen atoms in total. The van der Waals surface area contributed by atoms with E-state index < -0.39 is 0 Å². The van der Waals surface area contributed by atoms with Crippen LogP contribution < -0.4 is 10.6 Å². The van der Waals surface area contributed by atoms with E-state index in [1.54, 1.807) is 4.68 Å². The van der Waals surface area contributed by atoms with E-state index >= 15 is 0 Å². The van der Waals surface area contributed by atoms with E-state index in [4.69, 9.17) is 4.74 Å². The second-order valence-corrected chi connectivity index (χ2v) is 4.71. The molecular formula is C12H21N5O2. The van der Waals surface area contributed by atoms with Crippen LogP contribution in [0.15, 0.2) is 0 Å². The molecule has 2 heterocycles. The van der Waals surface area contributed by atoms with E-state index in [0.717, 1.165) is 24.8 Å². The van der Waals surface area contributed by atoms with E-state index in [1.165, 1.54) is 0 Å². The Kier molecular flexibility index (Phi) is 4.86. The number of carbonyl (C=O) groups is 1. The summed E-state index contributed by atoms with van der Waals surface area (Å²) in [5.74, 6) is 1.67. The van der Waals surface area contributed by atoms with Crippen molar-refractivity contribution in [3.05, 3.63) is 11.6 Å². The molecule has 1 aliphatic heterocycles. The molecule has 1 atom stereocenters. The molecule has 2 N–H and O–H groups in total. The van der Waals surface area contributed by atoms with Crippen LogP contribution in [0.2, 0.25) is 0 Å². The van der Waals surface area contributed by atoms with Crippen molar-refractivity contribution in [1.82, 2.24) is 25.4 Å². The van der Waals surface area contributed by atoms with Crippen molar-refractivity contribution in [2.75, 3.05) is 26.3 Å². The molecule has 1 aliphatic rings. The van der Waals surface area contributed by atoms with Crippen molar-refractivity contribution in [1.29, 1.82) is 0 Å². The quantitative estimate of drug-likeness (QED) is 0.744. The minimum atomic E-state index is 0.0393. The Morgan fingerprint density at radius 3 is 3.05 bits per heavy atom. The minimum Gasteiger partial charge on any atom is -0.378 e. The van der Waals surface area contributed by atoms with Crippen LogP contribution in [0.4, 0.5) is 0 Å². The van der Waals surface area contributed by atoms with Crippen molar-refractivity contribution in [2.45, 2.75) is 32.9 Å². The standard InChI is InChI=1S/C12H21N5O2/c1-9-15-10(2)17(16-9)5-3-14-12(18)7-11-8-19-6-4-13-11/h11,13H,3-8H2,1-2H3,(H,14,18). The highest BCUT2D eigenvalue weighted by molar-refractivity contribution is 5.76. The number of nitrogens with zero attached hydrogens (tertiary/aromatic N) is 3. The maximum Gasteiger partial charge on any atom is 0.221 e. The fourth-order valence-electron chi connectivity index (χ4n) is 2.12. The first kappa shape index (κ1) is 14.0. The second-order valence-electron chi connectivity index (χ2n) is 4.71. The predicted molar refractivity (Wildman–Crippen MR) is 69.7 cm³/mol. The van der Waals surface area contributed by atoms with Gasteiger partial charge in [0.25, 0.3) is 0 Å². The molecule has 0 aromatic carbocycles. The lowest BCUT2D eigenvalue weighted by Crippen LogP contribution is -2.44. The zero-order valence-electron chi connectivity index (χ0n) is 11.5. The highest BCUT2D eigenvalue weighted by Gasteiger charge is 2.16. The van der Waals surface area contributed by atoms with E-state index in [1.807, 2.05) is 13.8 Å². The molecule has 1 amide bonds. The highest BCUT2D eigenvalue weighted by atomic mass is 16.5. The summed E-state index contributed by atoms with van der Waals surface area (Å²) in [6, 6.07) is 0.129. The van der Waals surface area contributed by atoms with Gasteiger partial charge in [-0.05, 0) is 13.8 Å². The van der Waals surface area contributed by atoms with Gasteiger partial charge in [-0.15, -0.1) is 0 Å². The van der Waals surface area contributed by atoms with Gasteiger partial charge >= 0.3 is 0 Å². The van der Waals surface area contributed by atoms with Crippen LogP contribution in [0.5, 0.6) is 0 Å². The molecule has 1 aromatic rings. The molecule has 1 aromatic heterocycles. The Morgan fingerprint density at radius 1 is 1.58 bits per heavy atom. The first-order chi connectivity index (χ1) is 9.15. The van der Waals surface area contributed by atoms with Crippen LogP contribution in [0.25, 0.3) is 0 Å². The molecule has 0 aliphatic carbocycles. The van der Waals surface area contributed by atoms with Crippen LogP contribution in [0.3, 0.4) is 0 Å². The summed E-state index contributed by atoms with van der Waals surface area (Å²) in [5.41, 5.74) is 0. The molecular weight excluding hydrogens is 246 g/mol. The number of hydrogen-bond donors (Lipinski definition) is 2. The Hall–Kier alpha value is -1.47. The predicted octanol–water partition coefficient (Wildman–Crippen LogP) is -0.610. The first-order valence-electron chi connectivity index (χ1n) is 6.61. The van der Waals surface area contributed by atoms with Crippen molar-refractivity contribution >= 4 is 5.91 Å². The number of ether oxygens (including phenoxy) is 1. The van der Waals surface area contributed by atoms with Crippen LogP contribution in [-0.2, 0) is 16.1 Å². The molecule has 0 saturated carbocycles. The number of hydrogen-bond acceptors (Lipinski definition) is 5. The third-order valence-electron chi connectivity index (χ3n) is 3.04. The monoisotopic (exact) mass is 267 g/mol. The van der Waals surface area contributed by atoms with Gasteiger partial charge in [0.1, 0.15) is 11.6 Å². The van der Waals surface area contributed by atoms with E-state index in [0.29, 0.717) is 26.1 Å². The topological polar surface area (TPSA) is 81.1 Å². The molecule has 7 heteroatoms. The zero-order valence-corrected chi connectivity index (χ0v) is 11.5. The molecule has 0 bridgehead atoms. The third-order valence-corrected chi connectivity index (χ3v) is 3.04. The van der Waals surface area contributed by atoms with Crippen molar-refractivity contribution < 1.29 is 9.53 Å². The normalized spacial score (nSPS) is 19.4. The summed E-state index contributed by atoms with van der Waals surface area (Å²) in [6.07, 6.45) is 0.454. The van der Waals surface area contributed by atoms with Gasteiger partial charge in [-0.3, -0.25) is 4.79 Å². The lowest BCUT2D eigenvalue weighted by molar-refractivity contribution is -0.122. The van der Waals surface area contributed by atoms with Gasteiger partial charge in [0, 0.05) is 25.6 Å². The van der Waals surface area contributed by atoms with Crippen molar-refractivity contribution in [3.8, 4) is 0 Å². The highest BCUT2D eigenvalue weighted by Crippen LogP contribution is 1.98. The summed E-state index contributed by atoms with van der Waals surface area (Å²) in [6.45, 7) is 7.12. The molecule has 0 spiro atoms. The maximum atomic E-state index is 11.7. The molecule has 19 heavy (non-hydrogen) atoms. The lowest BCUT2D eigenvalue weighted by atomic mass is 10.2. The summed E-state index contributed by atoms with van der Waals surface area (Å²) < 4.78 is 7.11. The van der Waals surface area contributed by atoms with Gasteiger partial charge in [0.2, 0.25) is 5.91 Å². The average molecular weight is 267 g/mol. The van der Waals surface area contributed by atoms with Gasteiger partial charge in [0.15, 0.2) is 0 Å². The minimum absolute atomic E-state index is 0.0393. The van der Waals surface area contributed by atoms with Gasteiger partial charge in [-0.2, -0.15) is 5.10 Å². The van der Waals surface area contributed by atoms with Crippen molar-refractivity contribution in [3.63, 3.8) is 0 Å². The van der Waals surface area contributed by atoms with Gasteiger partial charge in [0.05, 0.1) is 19.8 Å². The van der Waals surface area contributed by atoms with Crippen LogP contribution in [0.1, 0.15) is 18.1 Å². The Bertz CT molecular complexity index is 426. The van der Waals surface area contributed by atoms with Crippen LogP contribution in [0, 0.1) is 13.8 Å². The Morgan fingerprint density at radius 2 is 2.42 bits per heavy atom. The number of carbonyl (C=O) groups excluding carboxylic acids is 1.